The molecule has 0 radical (unpaired) electrons. The monoisotopic (exact) mass is 655 g/mol. The summed E-state index contributed by atoms with van der Waals surface area (Å²) in [5, 5.41) is 6.54. The second-order valence-electron chi connectivity index (χ2n) is 13.3. The number of pyridine rings is 1. The van der Waals surface area contributed by atoms with E-state index in [0.717, 1.165) is 10.8 Å². The van der Waals surface area contributed by atoms with E-state index in [0.29, 0.717) is 18.7 Å². The normalized spacial score (nSPS) is 25.0. The van der Waals surface area contributed by atoms with Gasteiger partial charge < -0.3 is 25.0 Å². The van der Waals surface area contributed by atoms with Crippen molar-refractivity contribution in [2.75, 3.05) is 20.3 Å². The van der Waals surface area contributed by atoms with Gasteiger partial charge in [0.1, 0.15) is 30.3 Å². The summed E-state index contributed by atoms with van der Waals surface area (Å²) in [7, 11) is -2.50. The van der Waals surface area contributed by atoms with E-state index >= 15 is 0 Å². The number of benzene rings is 1. The van der Waals surface area contributed by atoms with Gasteiger partial charge in [0.05, 0.1) is 11.8 Å². The van der Waals surface area contributed by atoms with Crippen molar-refractivity contribution >= 4 is 44.4 Å². The molecule has 0 bridgehead atoms. The van der Waals surface area contributed by atoms with Gasteiger partial charge in [0.15, 0.2) is 0 Å². The number of nitrogens with one attached hydrogen (secondary N) is 3. The highest BCUT2D eigenvalue weighted by Crippen LogP contribution is 2.45. The molecule has 0 unspecified atom stereocenters. The molecule has 3 aliphatic rings. The third kappa shape index (κ3) is 6.87. The van der Waals surface area contributed by atoms with E-state index < -0.39 is 74.0 Å². The summed E-state index contributed by atoms with van der Waals surface area (Å²) in [4.78, 5) is 59.9. The maximum absolute atomic E-state index is 14.2. The van der Waals surface area contributed by atoms with Crippen molar-refractivity contribution in [3.63, 3.8) is 0 Å². The molecule has 1 aliphatic heterocycles. The van der Waals surface area contributed by atoms with Crippen LogP contribution in [0.5, 0.6) is 5.88 Å². The summed E-state index contributed by atoms with van der Waals surface area (Å²) in [6.45, 7) is 8.86. The lowest BCUT2D eigenvalue weighted by Crippen LogP contribution is -2.60. The van der Waals surface area contributed by atoms with Crippen LogP contribution < -0.4 is 20.1 Å². The fourth-order valence-electron chi connectivity index (χ4n) is 5.89. The molecule has 3 fully saturated rings. The quantitative estimate of drug-likeness (QED) is 0.286. The molecule has 14 heteroatoms. The summed E-state index contributed by atoms with van der Waals surface area (Å²) >= 11 is 0. The Labute approximate surface area is 268 Å². The molecule has 3 N–H and O–H groups in total. The Morgan fingerprint density at radius 1 is 1.17 bits per heavy atom. The number of hydrogen-bond donors (Lipinski definition) is 3. The number of ether oxygens (including phenoxy) is 2. The number of carbonyl (C=O) groups excluding carboxylic acids is 4. The van der Waals surface area contributed by atoms with Crippen LogP contribution >= 0.6 is 0 Å². The van der Waals surface area contributed by atoms with E-state index in [1.54, 1.807) is 27.0 Å². The number of likely N-dealkylation sites (tertiary alicyclic amines) is 1. The van der Waals surface area contributed by atoms with Crippen LogP contribution in [0.15, 0.2) is 49.2 Å². The van der Waals surface area contributed by atoms with Gasteiger partial charge in [-0.3, -0.25) is 23.9 Å². The zero-order valence-electron chi connectivity index (χ0n) is 26.4. The Morgan fingerprint density at radius 2 is 1.89 bits per heavy atom. The molecule has 4 amide bonds. The highest BCUT2D eigenvalue weighted by Gasteiger charge is 2.62. The Kier molecular flexibility index (Phi) is 9.15. The first-order chi connectivity index (χ1) is 21.7. The number of methoxy groups -OCH3 is 1. The standard InChI is InChI=1S/C32H41N5O8S/c1-6-20-16-32(20,30(41)36-46(42,43)22-11-12-22)35-27(39)24-15-21(45-28-23-10-8-7-9-19(23)13-14-33-28)17-37(24)29(40)26(31(2,3)4)34-25(38)18-44-5/h6-10,13-14,20-22,24,26H,1,11-12,15-18H2,2-5H3,(H,34,38)(H,35,39)(H,36,41)/t20-,21-,24+,26-,32-/m1/s1. The number of rotatable bonds is 12. The number of hydrogen-bond acceptors (Lipinski definition) is 9. The van der Waals surface area contributed by atoms with Crippen LogP contribution in [0.1, 0.15) is 46.5 Å². The lowest BCUT2D eigenvalue weighted by molar-refractivity contribution is -0.145. The van der Waals surface area contributed by atoms with Crippen molar-refractivity contribution in [2.45, 2.75) is 75.4 Å². The minimum Gasteiger partial charge on any atom is -0.472 e. The molecule has 13 nitrogen and oxygen atoms in total. The molecular formula is C32H41N5O8S. The first-order valence-electron chi connectivity index (χ1n) is 15.3. The molecule has 1 aromatic carbocycles. The lowest BCUT2D eigenvalue weighted by atomic mass is 9.85. The van der Waals surface area contributed by atoms with Crippen molar-refractivity contribution in [1.29, 1.82) is 0 Å². The van der Waals surface area contributed by atoms with Crippen LogP contribution in [0.4, 0.5) is 0 Å². The van der Waals surface area contributed by atoms with Crippen LogP contribution in [-0.2, 0) is 33.9 Å². The molecule has 2 aromatic rings. The minimum absolute atomic E-state index is 0.00527. The third-order valence-electron chi connectivity index (χ3n) is 8.71. The van der Waals surface area contributed by atoms with Crippen molar-refractivity contribution < 1.29 is 37.1 Å². The average Bonchev–Trinajstić information content (AvgIpc) is 3.92. The third-order valence-corrected chi connectivity index (χ3v) is 10.5. The fourth-order valence-corrected chi connectivity index (χ4v) is 7.25. The maximum atomic E-state index is 14.2. The van der Waals surface area contributed by atoms with E-state index in [4.69, 9.17) is 9.47 Å². The van der Waals surface area contributed by atoms with E-state index in [2.05, 4.69) is 26.9 Å². The molecule has 0 spiro atoms. The van der Waals surface area contributed by atoms with E-state index in [1.165, 1.54) is 18.1 Å². The molecule has 5 atom stereocenters. The van der Waals surface area contributed by atoms with Crippen molar-refractivity contribution in [3.8, 4) is 5.88 Å². The Hall–Kier alpha value is -4.04. The van der Waals surface area contributed by atoms with Crippen LogP contribution in [0.3, 0.4) is 0 Å². The lowest BCUT2D eigenvalue weighted by Gasteiger charge is -2.35. The van der Waals surface area contributed by atoms with Crippen LogP contribution in [-0.4, -0.2) is 91.2 Å². The summed E-state index contributed by atoms with van der Waals surface area (Å²) in [5.41, 5.74) is -2.28. The van der Waals surface area contributed by atoms with Crippen LogP contribution in [0, 0.1) is 11.3 Å². The van der Waals surface area contributed by atoms with Crippen LogP contribution in [0.2, 0.25) is 0 Å². The molecule has 2 saturated carbocycles. The zero-order valence-corrected chi connectivity index (χ0v) is 27.3. The maximum Gasteiger partial charge on any atom is 0.259 e. The summed E-state index contributed by atoms with van der Waals surface area (Å²) in [6.07, 6.45) is 3.60. The number of amides is 4. The number of sulfonamides is 1. The average molecular weight is 656 g/mol. The highest BCUT2D eigenvalue weighted by atomic mass is 32.2. The molecule has 46 heavy (non-hydrogen) atoms. The largest absolute Gasteiger partial charge is 0.472 e. The second-order valence-corrected chi connectivity index (χ2v) is 15.3. The van der Waals surface area contributed by atoms with Crippen molar-refractivity contribution in [1.82, 2.24) is 25.2 Å². The SMILES string of the molecule is C=C[C@@H]1C[C@]1(NC(=O)[C@@H]1C[C@@H](Oc2nccc3ccccc23)CN1C(=O)[C@@H](NC(=O)COC)C(C)(C)C)C(=O)NS(=O)(=O)C1CC1. The topological polar surface area (TPSA) is 173 Å². The summed E-state index contributed by atoms with van der Waals surface area (Å²) in [5.74, 6) is -2.65. The Morgan fingerprint density at radius 3 is 2.52 bits per heavy atom. The zero-order chi connectivity index (χ0) is 33.4. The molecule has 248 valence electrons. The van der Waals surface area contributed by atoms with Gasteiger partial charge in [-0.05, 0) is 42.2 Å². The van der Waals surface area contributed by atoms with Gasteiger partial charge in [-0.15, -0.1) is 6.58 Å². The minimum atomic E-state index is -3.87. The van der Waals surface area contributed by atoms with E-state index in [1.807, 2.05) is 30.3 Å². The van der Waals surface area contributed by atoms with E-state index in [9.17, 15) is 27.6 Å². The van der Waals surface area contributed by atoms with Gasteiger partial charge in [-0.2, -0.15) is 0 Å². The van der Waals surface area contributed by atoms with Gasteiger partial charge in [0, 0.05) is 31.0 Å². The van der Waals surface area contributed by atoms with E-state index in [-0.39, 0.29) is 26.0 Å². The summed E-state index contributed by atoms with van der Waals surface area (Å²) in [6, 6.07) is 7.24. The van der Waals surface area contributed by atoms with Gasteiger partial charge in [-0.25, -0.2) is 13.4 Å². The first kappa shape index (κ1) is 33.3. The second kappa shape index (κ2) is 12.6. The van der Waals surface area contributed by atoms with Gasteiger partial charge in [0.25, 0.3) is 5.91 Å². The molecule has 5 rings (SSSR count). The van der Waals surface area contributed by atoms with Gasteiger partial charge in [0.2, 0.25) is 33.6 Å². The highest BCUT2D eigenvalue weighted by molar-refractivity contribution is 7.91. The Bertz CT molecular complexity index is 1650. The number of aromatic nitrogens is 1. The van der Waals surface area contributed by atoms with Gasteiger partial charge >= 0.3 is 0 Å². The molecule has 1 saturated heterocycles. The molecule has 1 aromatic heterocycles. The number of nitrogens with zero attached hydrogens (tertiary/aromatic N) is 2. The molecule has 2 heterocycles. The fraction of sp³-hybridized carbons (Fsp3) is 0.531. The van der Waals surface area contributed by atoms with Crippen LogP contribution in [0.25, 0.3) is 10.8 Å². The number of carbonyl (C=O) groups is 4. The van der Waals surface area contributed by atoms with Gasteiger partial charge in [-0.1, -0.05) is 45.0 Å². The predicted octanol–water partition coefficient (Wildman–Crippen LogP) is 1.43. The van der Waals surface area contributed by atoms with Crippen molar-refractivity contribution in [2.24, 2.45) is 11.3 Å². The summed E-state index contributed by atoms with van der Waals surface area (Å²) < 4.78 is 38.5. The Balaban J connectivity index is 1.43. The molecule has 2 aliphatic carbocycles. The predicted molar refractivity (Wildman–Crippen MR) is 169 cm³/mol. The number of fused-ring (bicyclic) bond motifs is 1. The smallest absolute Gasteiger partial charge is 0.259 e. The van der Waals surface area contributed by atoms with Crippen molar-refractivity contribution in [3.05, 3.63) is 49.2 Å². The molecular weight excluding hydrogens is 614 g/mol. The first-order valence-corrected chi connectivity index (χ1v) is 16.8.